The summed E-state index contributed by atoms with van der Waals surface area (Å²) < 4.78 is 5.75. The zero-order valence-electron chi connectivity index (χ0n) is 10.1. The molecule has 4 nitrogen and oxygen atoms in total. The quantitative estimate of drug-likeness (QED) is 0.803. The summed E-state index contributed by atoms with van der Waals surface area (Å²) in [5, 5.41) is 3.29. The molecule has 1 aromatic rings. The van der Waals surface area contributed by atoms with Gasteiger partial charge in [-0.15, -0.1) is 0 Å². The van der Waals surface area contributed by atoms with Gasteiger partial charge in [-0.1, -0.05) is 13.8 Å². The van der Waals surface area contributed by atoms with Crippen LogP contribution in [-0.2, 0) is 0 Å². The number of nitrogens with two attached hydrogens (primary N) is 1. The maximum absolute atomic E-state index is 5.75. The summed E-state index contributed by atoms with van der Waals surface area (Å²) in [4.78, 5) is 3.98. The van der Waals surface area contributed by atoms with Gasteiger partial charge >= 0.3 is 0 Å². The molecule has 2 heterocycles. The first-order valence-electron chi connectivity index (χ1n) is 5.93. The standard InChI is InChI=1S/C10H15N3O.C2H6/c11-10-2-1-9(7-13-10)14-8-3-5-12-6-4-8;1-2/h1-2,7-8,12H,3-6H2,(H2,11,13);1-2H3. The Balaban J connectivity index is 0.000000606. The molecule has 0 bridgehead atoms. The monoisotopic (exact) mass is 223 g/mol. The molecule has 1 aromatic heterocycles. The van der Waals surface area contributed by atoms with E-state index in [9.17, 15) is 0 Å². The van der Waals surface area contributed by atoms with Crippen molar-refractivity contribution in [2.45, 2.75) is 32.8 Å². The van der Waals surface area contributed by atoms with Crippen molar-refractivity contribution in [3.63, 3.8) is 0 Å². The van der Waals surface area contributed by atoms with E-state index >= 15 is 0 Å². The number of aromatic nitrogens is 1. The van der Waals surface area contributed by atoms with E-state index in [0.717, 1.165) is 31.7 Å². The van der Waals surface area contributed by atoms with E-state index in [-0.39, 0.29) is 0 Å². The molecule has 4 heteroatoms. The molecule has 1 saturated heterocycles. The maximum Gasteiger partial charge on any atom is 0.138 e. The van der Waals surface area contributed by atoms with E-state index in [1.165, 1.54) is 0 Å². The number of nitrogen functional groups attached to an aromatic ring is 1. The van der Waals surface area contributed by atoms with Crippen LogP contribution in [0.25, 0.3) is 0 Å². The predicted molar refractivity (Wildman–Crippen MR) is 66.5 cm³/mol. The topological polar surface area (TPSA) is 60.2 Å². The van der Waals surface area contributed by atoms with Crippen LogP contribution in [0, 0.1) is 0 Å². The van der Waals surface area contributed by atoms with Gasteiger partial charge in [0.2, 0.25) is 0 Å². The Kier molecular flexibility index (Phi) is 5.64. The summed E-state index contributed by atoms with van der Waals surface area (Å²) in [6, 6.07) is 3.63. The van der Waals surface area contributed by atoms with E-state index in [2.05, 4.69) is 10.3 Å². The minimum absolute atomic E-state index is 0.321. The third-order valence-electron chi connectivity index (χ3n) is 2.35. The summed E-state index contributed by atoms with van der Waals surface area (Å²) in [5.74, 6) is 1.34. The molecule has 0 radical (unpaired) electrons. The molecule has 2 rings (SSSR count). The highest BCUT2D eigenvalue weighted by Gasteiger charge is 2.14. The van der Waals surface area contributed by atoms with Crippen molar-refractivity contribution in [1.82, 2.24) is 10.3 Å². The Bertz CT molecular complexity index is 281. The first-order chi connectivity index (χ1) is 7.84. The van der Waals surface area contributed by atoms with Crippen LogP contribution < -0.4 is 15.8 Å². The Morgan fingerprint density at radius 1 is 1.31 bits per heavy atom. The molecule has 0 aromatic carbocycles. The van der Waals surface area contributed by atoms with Crippen LogP contribution >= 0.6 is 0 Å². The third kappa shape index (κ3) is 4.06. The second-order valence-corrected chi connectivity index (χ2v) is 3.49. The highest BCUT2D eigenvalue weighted by molar-refractivity contribution is 5.32. The van der Waals surface area contributed by atoms with E-state index in [1.54, 1.807) is 12.3 Å². The Morgan fingerprint density at radius 2 is 2.00 bits per heavy atom. The molecule has 90 valence electrons. The minimum Gasteiger partial charge on any atom is -0.489 e. The van der Waals surface area contributed by atoms with Crippen LogP contribution in [0.15, 0.2) is 18.3 Å². The zero-order chi connectivity index (χ0) is 11.8. The van der Waals surface area contributed by atoms with Crippen LogP contribution in [-0.4, -0.2) is 24.2 Å². The normalized spacial score (nSPS) is 16.1. The van der Waals surface area contributed by atoms with Crippen molar-refractivity contribution < 1.29 is 4.74 Å². The second kappa shape index (κ2) is 7.06. The molecule has 3 N–H and O–H groups in total. The number of hydrogen-bond acceptors (Lipinski definition) is 4. The van der Waals surface area contributed by atoms with Gasteiger partial charge in [-0.3, -0.25) is 0 Å². The number of pyridine rings is 1. The average Bonchev–Trinajstić information content (AvgIpc) is 2.36. The van der Waals surface area contributed by atoms with Crippen molar-refractivity contribution >= 4 is 5.82 Å². The lowest BCUT2D eigenvalue weighted by molar-refractivity contribution is 0.162. The number of piperidine rings is 1. The van der Waals surface area contributed by atoms with E-state index < -0.39 is 0 Å². The summed E-state index contributed by atoms with van der Waals surface area (Å²) in [5.41, 5.74) is 5.48. The van der Waals surface area contributed by atoms with Crippen LogP contribution in [0.3, 0.4) is 0 Å². The van der Waals surface area contributed by atoms with Crippen LogP contribution in [0.1, 0.15) is 26.7 Å². The largest absolute Gasteiger partial charge is 0.489 e. The number of nitrogens with zero attached hydrogens (tertiary/aromatic N) is 1. The van der Waals surface area contributed by atoms with Gasteiger partial charge in [-0.2, -0.15) is 0 Å². The number of rotatable bonds is 2. The first-order valence-corrected chi connectivity index (χ1v) is 5.93. The first kappa shape index (κ1) is 12.8. The molecule has 0 amide bonds. The van der Waals surface area contributed by atoms with Gasteiger partial charge in [0.1, 0.15) is 17.7 Å². The second-order valence-electron chi connectivity index (χ2n) is 3.49. The van der Waals surface area contributed by atoms with Gasteiger partial charge in [0, 0.05) is 0 Å². The van der Waals surface area contributed by atoms with Crippen molar-refractivity contribution in [1.29, 1.82) is 0 Å². The van der Waals surface area contributed by atoms with Crippen molar-refractivity contribution in [2.24, 2.45) is 0 Å². The molecule has 0 aliphatic carbocycles. The van der Waals surface area contributed by atoms with Gasteiger partial charge in [-0.25, -0.2) is 4.98 Å². The number of hydrogen-bond donors (Lipinski definition) is 2. The molecule has 16 heavy (non-hydrogen) atoms. The molecule has 0 unspecified atom stereocenters. The molecular weight excluding hydrogens is 202 g/mol. The number of nitrogens with one attached hydrogen (secondary N) is 1. The summed E-state index contributed by atoms with van der Waals surface area (Å²) in [7, 11) is 0. The maximum atomic E-state index is 5.75. The van der Waals surface area contributed by atoms with E-state index in [1.807, 2.05) is 19.9 Å². The van der Waals surface area contributed by atoms with Gasteiger partial charge in [0.25, 0.3) is 0 Å². The zero-order valence-corrected chi connectivity index (χ0v) is 10.1. The molecular formula is C12H21N3O. The lowest BCUT2D eigenvalue weighted by Gasteiger charge is -2.23. The molecule has 0 atom stereocenters. The Morgan fingerprint density at radius 3 is 2.56 bits per heavy atom. The summed E-state index contributed by atoms with van der Waals surface area (Å²) >= 11 is 0. The lowest BCUT2D eigenvalue weighted by Crippen LogP contribution is -2.34. The van der Waals surface area contributed by atoms with Gasteiger partial charge in [0.05, 0.1) is 6.20 Å². The SMILES string of the molecule is CC.Nc1ccc(OC2CCNCC2)cn1. The number of anilines is 1. The fourth-order valence-corrected chi connectivity index (χ4v) is 1.57. The van der Waals surface area contributed by atoms with Crippen LogP contribution in [0.5, 0.6) is 5.75 Å². The Hall–Kier alpha value is -1.29. The smallest absolute Gasteiger partial charge is 0.138 e. The molecule has 0 spiro atoms. The van der Waals surface area contributed by atoms with Crippen molar-refractivity contribution in [3.8, 4) is 5.75 Å². The minimum atomic E-state index is 0.321. The molecule has 1 aliphatic rings. The Labute approximate surface area is 97.2 Å². The summed E-state index contributed by atoms with van der Waals surface area (Å²) in [6.07, 6.45) is 4.12. The van der Waals surface area contributed by atoms with Crippen LogP contribution in [0.4, 0.5) is 5.82 Å². The highest BCUT2D eigenvalue weighted by atomic mass is 16.5. The predicted octanol–water partition coefficient (Wildman–Crippen LogP) is 1.82. The van der Waals surface area contributed by atoms with Crippen molar-refractivity contribution in [3.05, 3.63) is 18.3 Å². The molecule has 1 aliphatic heterocycles. The highest BCUT2D eigenvalue weighted by Crippen LogP contribution is 2.15. The fourth-order valence-electron chi connectivity index (χ4n) is 1.57. The van der Waals surface area contributed by atoms with E-state index in [0.29, 0.717) is 11.9 Å². The summed E-state index contributed by atoms with van der Waals surface area (Å²) in [6.45, 7) is 6.07. The molecule has 1 fully saturated rings. The van der Waals surface area contributed by atoms with Gasteiger partial charge in [0.15, 0.2) is 0 Å². The van der Waals surface area contributed by atoms with Gasteiger partial charge in [-0.05, 0) is 38.1 Å². The number of ether oxygens (including phenoxy) is 1. The van der Waals surface area contributed by atoms with Crippen LogP contribution in [0.2, 0.25) is 0 Å². The fraction of sp³-hybridized carbons (Fsp3) is 0.583. The average molecular weight is 223 g/mol. The van der Waals surface area contributed by atoms with Crippen molar-refractivity contribution in [2.75, 3.05) is 18.8 Å². The third-order valence-corrected chi connectivity index (χ3v) is 2.35. The molecule has 0 saturated carbocycles. The van der Waals surface area contributed by atoms with E-state index in [4.69, 9.17) is 10.5 Å². The van der Waals surface area contributed by atoms with Gasteiger partial charge < -0.3 is 15.8 Å². The lowest BCUT2D eigenvalue weighted by atomic mass is 10.1.